The van der Waals surface area contributed by atoms with Crippen molar-refractivity contribution in [1.82, 2.24) is 0 Å². The van der Waals surface area contributed by atoms with Gasteiger partial charge in [0.15, 0.2) is 0 Å². The van der Waals surface area contributed by atoms with Gasteiger partial charge in [0.05, 0.1) is 5.56 Å². The second-order valence-corrected chi connectivity index (χ2v) is 3.37. The van der Waals surface area contributed by atoms with Gasteiger partial charge in [0.25, 0.3) is 0 Å². The molecular formula is C8H5BrF2O3. The van der Waals surface area contributed by atoms with Gasteiger partial charge in [-0.1, -0.05) is 22.0 Å². The molecular weight excluding hydrogens is 262 g/mol. The van der Waals surface area contributed by atoms with Crippen molar-refractivity contribution >= 4 is 21.9 Å². The highest BCUT2D eigenvalue weighted by Crippen LogP contribution is 2.39. The molecule has 0 bridgehead atoms. The highest BCUT2D eigenvalue weighted by molar-refractivity contribution is 9.10. The van der Waals surface area contributed by atoms with Crippen molar-refractivity contribution in [1.29, 1.82) is 0 Å². The van der Waals surface area contributed by atoms with Crippen LogP contribution in [-0.4, -0.2) is 16.2 Å². The number of carboxylic acid groups (broad SMARTS) is 1. The molecule has 6 heteroatoms. The number of phenolic OH excluding ortho intramolecular Hbond substituents is 1. The Morgan fingerprint density at radius 2 is 2.00 bits per heavy atom. The van der Waals surface area contributed by atoms with Crippen LogP contribution in [0.1, 0.15) is 5.56 Å². The van der Waals surface area contributed by atoms with Crippen LogP contribution in [-0.2, 0) is 10.7 Å². The maximum Gasteiger partial charge on any atom is 0.379 e. The maximum absolute atomic E-state index is 13.0. The summed E-state index contributed by atoms with van der Waals surface area (Å²) in [6, 6.07) is 3.55. The topological polar surface area (TPSA) is 57.5 Å². The fourth-order valence-corrected chi connectivity index (χ4v) is 1.54. The Kier molecular flexibility index (Phi) is 2.75. The number of hydrogen-bond acceptors (Lipinski definition) is 2. The molecule has 0 saturated carbocycles. The number of aromatic hydroxyl groups is 1. The highest BCUT2D eigenvalue weighted by atomic mass is 79.9. The Labute approximate surface area is 86.1 Å². The van der Waals surface area contributed by atoms with Gasteiger partial charge in [0, 0.05) is 4.47 Å². The number of phenols is 1. The highest BCUT2D eigenvalue weighted by Gasteiger charge is 2.44. The summed E-state index contributed by atoms with van der Waals surface area (Å²) in [6.45, 7) is 0. The summed E-state index contributed by atoms with van der Waals surface area (Å²) in [4.78, 5) is 10.2. The van der Waals surface area contributed by atoms with E-state index in [2.05, 4.69) is 15.9 Å². The molecule has 1 aromatic carbocycles. The number of benzene rings is 1. The molecule has 2 N–H and O–H groups in total. The Balaban J connectivity index is 3.38. The van der Waals surface area contributed by atoms with Crippen LogP contribution in [0, 0.1) is 0 Å². The van der Waals surface area contributed by atoms with Crippen molar-refractivity contribution in [2.75, 3.05) is 0 Å². The molecule has 0 atom stereocenters. The van der Waals surface area contributed by atoms with Gasteiger partial charge in [-0.3, -0.25) is 0 Å². The number of halogens is 3. The molecule has 3 nitrogen and oxygen atoms in total. The van der Waals surface area contributed by atoms with Crippen LogP contribution in [0.4, 0.5) is 8.78 Å². The average Bonchev–Trinajstić information content (AvgIpc) is 2.02. The molecule has 0 aliphatic rings. The standard InChI is InChI=1S/C8H5BrF2O3/c9-4-2-1-3-5(12)6(4)8(10,11)7(13)14/h1-3,12H,(H,13,14). The summed E-state index contributed by atoms with van der Waals surface area (Å²) in [5.41, 5.74) is -0.938. The second kappa shape index (κ2) is 3.53. The van der Waals surface area contributed by atoms with Crippen LogP contribution in [0.3, 0.4) is 0 Å². The minimum absolute atomic E-state index is 0.148. The van der Waals surface area contributed by atoms with Gasteiger partial charge >= 0.3 is 11.9 Å². The van der Waals surface area contributed by atoms with E-state index in [4.69, 9.17) is 10.2 Å². The molecule has 76 valence electrons. The molecule has 0 radical (unpaired) electrons. The molecule has 0 aliphatic heterocycles. The van der Waals surface area contributed by atoms with E-state index in [9.17, 15) is 13.6 Å². The van der Waals surface area contributed by atoms with E-state index < -0.39 is 23.2 Å². The van der Waals surface area contributed by atoms with E-state index in [1.807, 2.05) is 0 Å². The van der Waals surface area contributed by atoms with Crippen LogP contribution >= 0.6 is 15.9 Å². The normalized spacial score (nSPS) is 11.4. The molecule has 0 saturated heterocycles. The minimum atomic E-state index is -4.11. The van der Waals surface area contributed by atoms with Crippen molar-refractivity contribution in [3.05, 3.63) is 28.2 Å². The summed E-state index contributed by atoms with van der Waals surface area (Å²) in [6.07, 6.45) is 0. The fraction of sp³-hybridized carbons (Fsp3) is 0.125. The molecule has 0 aromatic heterocycles. The zero-order chi connectivity index (χ0) is 10.9. The SMILES string of the molecule is O=C(O)C(F)(F)c1c(O)cccc1Br. The average molecular weight is 267 g/mol. The summed E-state index contributed by atoms with van der Waals surface area (Å²) in [5, 5.41) is 17.4. The summed E-state index contributed by atoms with van der Waals surface area (Å²) < 4.78 is 25.9. The molecule has 0 aliphatic carbocycles. The van der Waals surface area contributed by atoms with Crippen molar-refractivity contribution in [3.63, 3.8) is 0 Å². The first-order chi connectivity index (χ1) is 6.37. The van der Waals surface area contributed by atoms with E-state index >= 15 is 0 Å². The largest absolute Gasteiger partial charge is 0.507 e. The Morgan fingerprint density at radius 1 is 1.43 bits per heavy atom. The Bertz CT molecular complexity index is 359. The fourth-order valence-electron chi connectivity index (χ4n) is 0.931. The quantitative estimate of drug-likeness (QED) is 0.864. The predicted octanol–water partition coefficient (Wildman–Crippen LogP) is 2.33. The van der Waals surface area contributed by atoms with Gasteiger partial charge in [-0.25, -0.2) is 4.79 Å². The lowest BCUT2D eigenvalue weighted by Gasteiger charge is -2.14. The second-order valence-electron chi connectivity index (χ2n) is 2.51. The van der Waals surface area contributed by atoms with Crippen LogP contribution < -0.4 is 0 Å². The number of rotatable bonds is 2. The predicted molar refractivity (Wildman–Crippen MR) is 47.3 cm³/mol. The van der Waals surface area contributed by atoms with E-state index in [0.717, 1.165) is 6.07 Å². The van der Waals surface area contributed by atoms with Gasteiger partial charge in [0.2, 0.25) is 0 Å². The molecule has 1 aromatic rings. The monoisotopic (exact) mass is 266 g/mol. The van der Waals surface area contributed by atoms with Crippen LogP contribution in [0.5, 0.6) is 5.75 Å². The number of carbonyl (C=O) groups is 1. The first kappa shape index (κ1) is 10.9. The maximum atomic E-state index is 13.0. The molecule has 0 fully saturated rings. The number of carboxylic acids is 1. The summed E-state index contributed by atoms with van der Waals surface area (Å²) in [5.74, 6) is -7.17. The third kappa shape index (κ3) is 1.70. The lowest BCUT2D eigenvalue weighted by Crippen LogP contribution is -2.25. The molecule has 14 heavy (non-hydrogen) atoms. The number of alkyl halides is 2. The van der Waals surface area contributed by atoms with E-state index in [-0.39, 0.29) is 4.47 Å². The van der Waals surface area contributed by atoms with Gasteiger partial charge in [-0.05, 0) is 12.1 Å². The van der Waals surface area contributed by atoms with Gasteiger partial charge in [-0.2, -0.15) is 8.78 Å². The van der Waals surface area contributed by atoms with Gasteiger partial charge < -0.3 is 10.2 Å². The smallest absolute Gasteiger partial charge is 0.379 e. The van der Waals surface area contributed by atoms with Gasteiger partial charge in [-0.15, -0.1) is 0 Å². The van der Waals surface area contributed by atoms with Crippen molar-refractivity contribution in [2.45, 2.75) is 5.92 Å². The van der Waals surface area contributed by atoms with Crippen molar-refractivity contribution < 1.29 is 23.8 Å². The lowest BCUT2D eigenvalue weighted by molar-refractivity contribution is -0.166. The zero-order valence-electron chi connectivity index (χ0n) is 6.67. The van der Waals surface area contributed by atoms with E-state index in [1.165, 1.54) is 12.1 Å². The first-order valence-corrected chi connectivity index (χ1v) is 4.26. The molecule has 0 spiro atoms. The van der Waals surface area contributed by atoms with Gasteiger partial charge in [0.1, 0.15) is 5.75 Å². The van der Waals surface area contributed by atoms with E-state index in [0.29, 0.717) is 0 Å². The lowest BCUT2D eigenvalue weighted by atomic mass is 10.1. The summed E-state index contributed by atoms with van der Waals surface area (Å²) >= 11 is 2.75. The van der Waals surface area contributed by atoms with Crippen molar-refractivity contribution in [2.24, 2.45) is 0 Å². The summed E-state index contributed by atoms with van der Waals surface area (Å²) in [7, 11) is 0. The minimum Gasteiger partial charge on any atom is -0.507 e. The van der Waals surface area contributed by atoms with Crippen LogP contribution in [0.25, 0.3) is 0 Å². The Morgan fingerprint density at radius 3 is 2.43 bits per heavy atom. The van der Waals surface area contributed by atoms with Crippen LogP contribution in [0.15, 0.2) is 22.7 Å². The first-order valence-electron chi connectivity index (χ1n) is 3.46. The Hall–Kier alpha value is -1.17. The zero-order valence-corrected chi connectivity index (χ0v) is 8.25. The van der Waals surface area contributed by atoms with Crippen molar-refractivity contribution in [3.8, 4) is 5.75 Å². The third-order valence-electron chi connectivity index (χ3n) is 1.57. The molecule has 0 unspecified atom stereocenters. The third-order valence-corrected chi connectivity index (χ3v) is 2.24. The number of hydrogen-bond donors (Lipinski definition) is 2. The molecule has 0 heterocycles. The van der Waals surface area contributed by atoms with E-state index in [1.54, 1.807) is 0 Å². The number of aliphatic carboxylic acids is 1. The molecule has 0 amide bonds. The van der Waals surface area contributed by atoms with Crippen LogP contribution in [0.2, 0.25) is 0 Å². The molecule has 1 rings (SSSR count).